The van der Waals surface area contributed by atoms with Gasteiger partial charge in [-0.15, -0.1) is 0 Å². The molecule has 1 saturated heterocycles. The van der Waals surface area contributed by atoms with E-state index in [1.165, 1.54) is 0 Å². The summed E-state index contributed by atoms with van der Waals surface area (Å²) in [6, 6.07) is 3.68. The zero-order valence-corrected chi connectivity index (χ0v) is 10.9. The van der Waals surface area contributed by atoms with Gasteiger partial charge < -0.3 is 24.9 Å². The molecule has 1 fully saturated rings. The Hall–Kier alpha value is -1.37. The van der Waals surface area contributed by atoms with E-state index < -0.39 is 5.54 Å². The molecular formula is C13H20N2O4. The van der Waals surface area contributed by atoms with E-state index in [-0.39, 0.29) is 5.91 Å². The lowest BCUT2D eigenvalue weighted by Gasteiger charge is -2.20. The lowest BCUT2D eigenvalue weighted by molar-refractivity contribution is -0.126. The van der Waals surface area contributed by atoms with Crippen molar-refractivity contribution in [3.63, 3.8) is 0 Å². The van der Waals surface area contributed by atoms with Crippen LogP contribution in [-0.4, -0.2) is 37.8 Å². The lowest BCUT2D eigenvalue weighted by Crippen LogP contribution is -2.54. The monoisotopic (exact) mass is 268 g/mol. The van der Waals surface area contributed by atoms with E-state index in [9.17, 15) is 4.79 Å². The Balaban J connectivity index is 1.53. The summed E-state index contributed by atoms with van der Waals surface area (Å²) in [5.41, 5.74) is 5.07. The van der Waals surface area contributed by atoms with Gasteiger partial charge in [-0.25, -0.2) is 0 Å². The van der Waals surface area contributed by atoms with Gasteiger partial charge in [0.15, 0.2) is 0 Å². The Bertz CT molecular complexity index is 385. The van der Waals surface area contributed by atoms with Gasteiger partial charge in [0.1, 0.15) is 17.9 Å². The zero-order valence-electron chi connectivity index (χ0n) is 10.9. The number of ether oxygens (including phenoxy) is 2. The maximum absolute atomic E-state index is 11.8. The Morgan fingerprint density at radius 2 is 2.47 bits per heavy atom. The van der Waals surface area contributed by atoms with Crippen molar-refractivity contribution in [1.82, 2.24) is 5.32 Å². The fraction of sp³-hybridized carbons (Fsp3) is 0.615. The topological polar surface area (TPSA) is 86.7 Å². The number of nitrogens with one attached hydrogen (secondary N) is 1. The van der Waals surface area contributed by atoms with Gasteiger partial charge in [0.05, 0.1) is 12.9 Å². The van der Waals surface area contributed by atoms with Gasteiger partial charge in [0.25, 0.3) is 0 Å². The summed E-state index contributed by atoms with van der Waals surface area (Å²) < 4.78 is 15.7. The Labute approximate surface area is 112 Å². The van der Waals surface area contributed by atoms with Crippen molar-refractivity contribution in [2.45, 2.75) is 25.0 Å². The third-order valence-electron chi connectivity index (χ3n) is 3.08. The summed E-state index contributed by atoms with van der Waals surface area (Å²) in [5.74, 6) is 0.657. The van der Waals surface area contributed by atoms with Crippen molar-refractivity contribution in [1.29, 1.82) is 0 Å². The number of hydrogen-bond acceptors (Lipinski definition) is 5. The molecule has 106 valence electrons. The number of hydrogen-bond donors (Lipinski definition) is 2. The number of furan rings is 1. The van der Waals surface area contributed by atoms with Crippen molar-refractivity contribution >= 4 is 5.91 Å². The fourth-order valence-corrected chi connectivity index (χ4v) is 1.88. The summed E-state index contributed by atoms with van der Waals surface area (Å²) in [5, 5.41) is 2.81. The molecule has 0 radical (unpaired) electrons. The molecule has 19 heavy (non-hydrogen) atoms. The molecule has 6 nitrogen and oxygen atoms in total. The molecule has 1 aromatic heterocycles. The second-order valence-electron chi connectivity index (χ2n) is 4.70. The number of amides is 1. The van der Waals surface area contributed by atoms with Gasteiger partial charge in [-0.1, -0.05) is 0 Å². The van der Waals surface area contributed by atoms with E-state index >= 15 is 0 Å². The maximum atomic E-state index is 11.8. The molecule has 6 heteroatoms. The molecule has 0 aromatic carbocycles. The van der Waals surface area contributed by atoms with Crippen LogP contribution in [0.15, 0.2) is 22.8 Å². The Morgan fingerprint density at radius 1 is 1.58 bits per heavy atom. The van der Waals surface area contributed by atoms with Gasteiger partial charge in [-0.2, -0.15) is 0 Å². The molecule has 1 amide bonds. The van der Waals surface area contributed by atoms with Crippen LogP contribution in [0.25, 0.3) is 0 Å². The summed E-state index contributed by atoms with van der Waals surface area (Å²) in [7, 11) is 0. The van der Waals surface area contributed by atoms with Crippen LogP contribution >= 0.6 is 0 Å². The van der Waals surface area contributed by atoms with Gasteiger partial charge >= 0.3 is 0 Å². The summed E-state index contributed by atoms with van der Waals surface area (Å²) in [6.45, 7) is 2.42. The van der Waals surface area contributed by atoms with Crippen LogP contribution in [0, 0.1) is 0 Å². The number of rotatable bonds is 7. The van der Waals surface area contributed by atoms with Crippen LogP contribution in [0.3, 0.4) is 0 Å². The van der Waals surface area contributed by atoms with E-state index in [4.69, 9.17) is 19.6 Å². The highest BCUT2D eigenvalue weighted by molar-refractivity contribution is 5.86. The van der Waals surface area contributed by atoms with Crippen LogP contribution in [0.1, 0.15) is 18.6 Å². The molecule has 0 saturated carbocycles. The molecule has 0 spiro atoms. The second-order valence-corrected chi connectivity index (χ2v) is 4.70. The predicted octanol–water partition coefficient (Wildman–Crippen LogP) is 0.420. The van der Waals surface area contributed by atoms with Gasteiger partial charge in [-0.3, -0.25) is 4.79 Å². The molecule has 0 bridgehead atoms. The first-order chi connectivity index (χ1) is 9.21. The molecular weight excluding hydrogens is 248 g/mol. The minimum atomic E-state index is -0.852. The summed E-state index contributed by atoms with van der Waals surface area (Å²) >= 11 is 0. The average Bonchev–Trinajstić information content (AvgIpc) is 3.05. The third-order valence-corrected chi connectivity index (χ3v) is 3.08. The third kappa shape index (κ3) is 4.05. The number of carbonyl (C=O) groups is 1. The van der Waals surface area contributed by atoms with Crippen LogP contribution in [-0.2, 0) is 20.9 Å². The predicted molar refractivity (Wildman–Crippen MR) is 68.3 cm³/mol. The van der Waals surface area contributed by atoms with Crippen molar-refractivity contribution in [3.8, 4) is 0 Å². The highest BCUT2D eigenvalue weighted by Crippen LogP contribution is 2.15. The minimum Gasteiger partial charge on any atom is -0.467 e. The quantitative estimate of drug-likeness (QED) is 0.700. The molecule has 1 aliphatic heterocycles. The Morgan fingerprint density at radius 3 is 3.16 bits per heavy atom. The van der Waals surface area contributed by atoms with Gasteiger partial charge in [0, 0.05) is 19.8 Å². The molecule has 1 aromatic rings. The van der Waals surface area contributed by atoms with E-state index in [1.807, 2.05) is 12.1 Å². The van der Waals surface area contributed by atoms with Crippen LogP contribution in [0.2, 0.25) is 0 Å². The number of nitrogens with two attached hydrogens (primary N) is 1. The van der Waals surface area contributed by atoms with E-state index in [1.54, 1.807) is 6.26 Å². The largest absolute Gasteiger partial charge is 0.467 e. The standard InChI is InChI=1S/C13H20N2O4/c14-13(4-8-18-10-13)12(16)15-5-2-6-17-9-11-3-1-7-19-11/h1,3,7H,2,4-6,8-10,14H2,(H,15,16). The van der Waals surface area contributed by atoms with Gasteiger partial charge in [-0.05, 0) is 25.0 Å². The second kappa shape index (κ2) is 6.70. The first-order valence-electron chi connectivity index (χ1n) is 6.46. The van der Waals surface area contributed by atoms with Crippen molar-refractivity contribution < 1.29 is 18.7 Å². The Kier molecular flexibility index (Phi) is 4.95. The molecule has 1 atom stereocenters. The molecule has 2 rings (SSSR count). The van der Waals surface area contributed by atoms with Crippen LogP contribution in [0.4, 0.5) is 0 Å². The van der Waals surface area contributed by atoms with Crippen molar-refractivity contribution in [3.05, 3.63) is 24.2 Å². The summed E-state index contributed by atoms with van der Waals surface area (Å²) in [6.07, 6.45) is 2.93. The molecule has 1 unspecified atom stereocenters. The smallest absolute Gasteiger partial charge is 0.242 e. The molecule has 3 N–H and O–H groups in total. The number of carbonyl (C=O) groups excluding carboxylic acids is 1. The van der Waals surface area contributed by atoms with E-state index in [0.29, 0.717) is 39.4 Å². The molecule has 1 aliphatic rings. The van der Waals surface area contributed by atoms with Crippen molar-refractivity contribution in [2.75, 3.05) is 26.4 Å². The minimum absolute atomic E-state index is 0.143. The average molecular weight is 268 g/mol. The molecule has 2 heterocycles. The first-order valence-corrected chi connectivity index (χ1v) is 6.46. The normalized spacial score (nSPS) is 22.6. The lowest BCUT2D eigenvalue weighted by atomic mass is 9.99. The maximum Gasteiger partial charge on any atom is 0.242 e. The highest BCUT2D eigenvalue weighted by Gasteiger charge is 2.37. The SMILES string of the molecule is NC1(C(=O)NCCCOCc2ccco2)CCOC1. The van der Waals surface area contributed by atoms with E-state index in [2.05, 4.69) is 5.32 Å². The first kappa shape index (κ1) is 14.0. The van der Waals surface area contributed by atoms with Crippen LogP contribution < -0.4 is 11.1 Å². The zero-order chi connectivity index (χ0) is 13.6. The van der Waals surface area contributed by atoms with Gasteiger partial charge in [0.2, 0.25) is 5.91 Å². The van der Waals surface area contributed by atoms with Crippen LogP contribution in [0.5, 0.6) is 0 Å². The summed E-state index contributed by atoms with van der Waals surface area (Å²) in [4.78, 5) is 11.8. The van der Waals surface area contributed by atoms with Crippen molar-refractivity contribution in [2.24, 2.45) is 5.73 Å². The molecule has 0 aliphatic carbocycles. The highest BCUT2D eigenvalue weighted by atomic mass is 16.5. The fourth-order valence-electron chi connectivity index (χ4n) is 1.88. The van der Waals surface area contributed by atoms with E-state index in [0.717, 1.165) is 12.2 Å².